The number of hydrogen-bond donors (Lipinski definition) is 2. The van der Waals surface area contributed by atoms with Gasteiger partial charge in [-0.25, -0.2) is 0 Å². The van der Waals surface area contributed by atoms with Crippen LogP contribution in [0.2, 0.25) is 0 Å². The molecule has 0 fully saturated rings. The molecule has 5 aromatic rings. The smallest absolute Gasteiger partial charge is 0.272 e. The number of nitrogens with zero attached hydrogens (tertiary/aromatic N) is 1. The molecule has 5 nitrogen and oxygen atoms in total. The van der Waals surface area contributed by atoms with Gasteiger partial charge in [0.15, 0.2) is 0 Å². The number of carbonyl (C=O) groups excluding carboxylic acids is 2. The Morgan fingerprint density at radius 1 is 0.686 bits per heavy atom. The Morgan fingerprint density at radius 3 is 2.06 bits per heavy atom. The van der Waals surface area contributed by atoms with Crippen molar-refractivity contribution in [1.29, 1.82) is 0 Å². The van der Waals surface area contributed by atoms with Gasteiger partial charge in [0.25, 0.3) is 11.8 Å². The van der Waals surface area contributed by atoms with Crippen LogP contribution in [0.4, 0.5) is 11.4 Å². The number of rotatable bonds is 6. The van der Waals surface area contributed by atoms with Gasteiger partial charge >= 0.3 is 0 Å². The van der Waals surface area contributed by atoms with E-state index in [-0.39, 0.29) is 11.8 Å². The average Bonchev–Trinajstić information content (AvgIpc) is 3.23. The zero-order valence-corrected chi connectivity index (χ0v) is 19.4. The number of benzene rings is 4. The lowest BCUT2D eigenvalue weighted by atomic mass is 10.1. The molecular weight excluding hydrogens is 434 g/mol. The summed E-state index contributed by atoms with van der Waals surface area (Å²) < 4.78 is 2.01. The molecule has 0 radical (unpaired) electrons. The topological polar surface area (TPSA) is 63.1 Å². The van der Waals surface area contributed by atoms with Crippen LogP contribution in [0.3, 0.4) is 0 Å². The predicted molar refractivity (Wildman–Crippen MR) is 141 cm³/mol. The maximum Gasteiger partial charge on any atom is 0.272 e. The highest BCUT2D eigenvalue weighted by Gasteiger charge is 2.17. The fourth-order valence-electron chi connectivity index (χ4n) is 4.10. The van der Waals surface area contributed by atoms with Gasteiger partial charge in [0.05, 0.1) is 0 Å². The van der Waals surface area contributed by atoms with Crippen molar-refractivity contribution in [2.75, 3.05) is 10.6 Å². The summed E-state index contributed by atoms with van der Waals surface area (Å²) in [6.45, 7) is 2.54. The summed E-state index contributed by atoms with van der Waals surface area (Å²) in [5, 5.41) is 6.83. The fourth-order valence-corrected chi connectivity index (χ4v) is 4.10. The van der Waals surface area contributed by atoms with Crippen molar-refractivity contribution in [2.24, 2.45) is 0 Å². The maximum atomic E-state index is 13.3. The molecule has 2 N–H and O–H groups in total. The lowest BCUT2D eigenvalue weighted by molar-refractivity contribution is 0.101. The second-order valence-electron chi connectivity index (χ2n) is 8.52. The van der Waals surface area contributed by atoms with Gasteiger partial charge in [-0.3, -0.25) is 9.59 Å². The van der Waals surface area contributed by atoms with E-state index in [2.05, 4.69) is 10.6 Å². The van der Waals surface area contributed by atoms with Crippen molar-refractivity contribution in [3.63, 3.8) is 0 Å². The van der Waals surface area contributed by atoms with E-state index in [1.807, 2.05) is 121 Å². The molecule has 0 aliphatic carbocycles. The lowest BCUT2D eigenvalue weighted by Crippen LogP contribution is -2.17. The molecule has 0 aliphatic heterocycles. The van der Waals surface area contributed by atoms with E-state index in [9.17, 15) is 9.59 Å². The molecule has 35 heavy (non-hydrogen) atoms. The van der Waals surface area contributed by atoms with Gasteiger partial charge in [0.1, 0.15) is 5.69 Å². The monoisotopic (exact) mass is 459 g/mol. The minimum atomic E-state index is -0.187. The Labute approximate surface area is 204 Å². The van der Waals surface area contributed by atoms with E-state index in [1.165, 1.54) is 0 Å². The van der Waals surface area contributed by atoms with Gasteiger partial charge in [0.2, 0.25) is 0 Å². The summed E-state index contributed by atoms with van der Waals surface area (Å²) in [6.07, 6.45) is 0. The van der Waals surface area contributed by atoms with Gasteiger partial charge < -0.3 is 15.2 Å². The molecule has 1 heterocycles. The molecule has 5 heteroatoms. The number of carbonyl (C=O) groups is 2. The normalized spacial score (nSPS) is 10.8. The molecule has 0 spiro atoms. The van der Waals surface area contributed by atoms with Crippen LogP contribution in [0.1, 0.15) is 32.0 Å². The first-order chi connectivity index (χ1) is 17.1. The minimum absolute atomic E-state index is 0.171. The molecule has 0 aliphatic rings. The van der Waals surface area contributed by atoms with Crippen LogP contribution in [0.15, 0.2) is 109 Å². The van der Waals surface area contributed by atoms with Crippen molar-refractivity contribution < 1.29 is 9.59 Å². The summed E-state index contributed by atoms with van der Waals surface area (Å²) in [7, 11) is 0. The minimum Gasteiger partial charge on any atom is -0.332 e. The number of aromatic nitrogens is 1. The number of nitrogens with one attached hydrogen (secondary N) is 2. The molecular formula is C30H25N3O2. The van der Waals surface area contributed by atoms with Crippen molar-refractivity contribution in [3.05, 3.63) is 132 Å². The number of hydrogen-bond acceptors (Lipinski definition) is 2. The fraction of sp³-hybridized carbons (Fsp3) is 0.0667. The maximum absolute atomic E-state index is 13.3. The first kappa shape index (κ1) is 22.2. The van der Waals surface area contributed by atoms with Crippen LogP contribution in [-0.2, 0) is 6.54 Å². The third-order valence-corrected chi connectivity index (χ3v) is 5.92. The Hall–Kier alpha value is -4.64. The molecule has 172 valence electrons. The van der Waals surface area contributed by atoms with Gasteiger partial charge in [-0.1, -0.05) is 66.2 Å². The van der Waals surface area contributed by atoms with Crippen LogP contribution in [0, 0.1) is 6.92 Å². The molecule has 4 aromatic carbocycles. The predicted octanol–water partition coefficient (Wildman–Crippen LogP) is 6.50. The molecule has 1 aromatic heterocycles. The van der Waals surface area contributed by atoms with Gasteiger partial charge in [-0.05, 0) is 61.0 Å². The second-order valence-corrected chi connectivity index (χ2v) is 8.52. The molecule has 0 saturated carbocycles. The van der Waals surface area contributed by atoms with E-state index >= 15 is 0 Å². The number of fused-ring (bicyclic) bond motifs is 1. The molecule has 0 bridgehead atoms. The summed E-state index contributed by atoms with van der Waals surface area (Å²) in [6, 6.07) is 34.5. The lowest BCUT2D eigenvalue weighted by Gasteiger charge is -2.12. The number of amides is 2. The average molecular weight is 460 g/mol. The second kappa shape index (κ2) is 9.69. The summed E-state index contributed by atoms with van der Waals surface area (Å²) in [5.74, 6) is -0.358. The standard InChI is InChI=1S/C30H25N3O2/c1-21-12-14-23(15-13-21)29(34)32-26-16-17-27-24(18-26)19-28(30(35)31-25-10-6-3-7-11-25)33(27)20-22-8-4-2-5-9-22/h2-19H,20H2,1H3,(H,31,35)(H,32,34). The zero-order chi connectivity index (χ0) is 24.2. The van der Waals surface area contributed by atoms with Gasteiger partial charge in [0, 0.05) is 34.4 Å². The highest BCUT2D eigenvalue weighted by molar-refractivity contribution is 6.08. The van der Waals surface area contributed by atoms with Crippen LogP contribution >= 0.6 is 0 Å². The van der Waals surface area contributed by atoms with E-state index in [0.717, 1.165) is 27.7 Å². The van der Waals surface area contributed by atoms with E-state index in [0.29, 0.717) is 23.5 Å². The van der Waals surface area contributed by atoms with Gasteiger partial charge in [-0.2, -0.15) is 0 Å². The largest absolute Gasteiger partial charge is 0.332 e. The third kappa shape index (κ3) is 4.99. The van der Waals surface area contributed by atoms with Crippen LogP contribution in [-0.4, -0.2) is 16.4 Å². The molecule has 0 unspecified atom stereocenters. The first-order valence-corrected chi connectivity index (χ1v) is 11.5. The van der Waals surface area contributed by atoms with Crippen LogP contribution in [0.5, 0.6) is 0 Å². The zero-order valence-electron chi connectivity index (χ0n) is 19.4. The van der Waals surface area contributed by atoms with Crippen molar-refractivity contribution in [1.82, 2.24) is 4.57 Å². The van der Waals surface area contributed by atoms with Crippen molar-refractivity contribution in [2.45, 2.75) is 13.5 Å². The van der Waals surface area contributed by atoms with E-state index in [4.69, 9.17) is 0 Å². The molecule has 0 atom stereocenters. The number of para-hydroxylation sites is 1. The molecule has 2 amide bonds. The number of anilines is 2. The third-order valence-electron chi connectivity index (χ3n) is 5.92. The summed E-state index contributed by atoms with van der Waals surface area (Å²) in [5.41, 5.74) is 5.67. The highest BCUT2D eigenvalue weighted by Crippen LogP contribution is 2.26. The van der Waals surface area contributed by atoms with E-state index < -0.39 is 0 Å². The molecule has 5 rings (SSSR count). The van der Waals surface area contributed by atoms with Gasteiger partial charge in [-0.15, -0.1) is 0 Å². The molecule has 0 saturated heterocycles. The van der Waals surface area contributed by atoms with Crippen LogP contribution < -0.4 is 10.6 Å². The Bertz CT molecular complexity index is 1490. The Balaban J connectivity index is 1.49. The number of aryl methyl sites for hydroxylation is 1. The Kier molecular flexibility index (Phi) is 6.14. The summed E-state index contributed by atoms with van der Waals surface area (Å²) in [4.78, 5) is 26.0. The van der Waals surface area contributed by atoms with Crippen molar-refractivity contribution in [3.8, 4) is 0 Å². The Morgan fingerprint density at radius 2 is 1.34 bits per heavy atom. The van der Waals surface area contributed by atoms with Crippen LogP contribution in [0.25, 0.3) is 10.9 Å². The first-order valence-electron chi connectivity index (χ1n) is 11.5. The quantitative estimate of drug-likeness (QED) is 0.304. The van der Waals surface area contributed by atoms with Crippen molar-refractivity contribution >= 4 is 34.1 Å². The van der Waals surface area contributed by atoms with E-state index in [1.54, 1.807) is 0 Å². The SMILES string of the molecule is Cc1ccc(C(=O)Nc2ccc3c(c2)cc(C(=O)Nc2ccccc2)n3Cc2ccccc2)cc1. The highest BCUT2D eigenvalue weighted by atomic mass is 16.2. The summed E-state index contributed by atoms with van der Waals surface area (Å²) >= 11 is 0.